The summed E-state index contributed by atoms with van der Waals surface area (Å²) in [5, 5.41) is 12.1. The van der Waals surface area contributed by atoms with Crippen LogP contribution in [-0.2, 0) is 4.79 Å². The number of hydrogen-bond donors (Lipinski definition) is 2. The van der Waals surface area contributed by atoms with Crippen LogP contribution in [0.3, 0.4) is 0 Å². The number of amidine groups is 1. The largest absolute Gasteiger partial charge is 0.409 e. The molecule has 5 heteroatoms. The lowest BCUT2D eigenvalue weighted by Crippen LogP contribution is -2.51. The average Bonchev–Trinajstić information content (AvgIpc) is 2.84. The number of carbonyl (C=O) groups excluding carboxylic acids is 1. The van der Waals surface area contributed by atoms with E-state index in [-0.39, 0.29) is 11.7 Å². The fraction of sp³-hybridized carbons (Fsp3) is 0.846. The van der Waals surface area contributed by atoms with Gasteiger partial charge in [0.05, 0.1) is 0 Å². The normalized spacial score (nSPS) is 28.4. The Morgan fingerprint density at radius 2 is 2.06 bits per heavy atom. The smallest absolute Gasteiger partial charge is 0.236 e. The van der Waals surface area contributed by atoms with Crippen LogP contribution in [0.1, 0.15) is 45.4 Å². The molecule has 1 heterocycles. The minimum atomic E-state index is -0.739. The summed E-state index contributed by atoms with van der Waals surface area (Å²) in [4.78, 5) is 14.6. The predicted octanol–water partition coefficient (Wildman–Crippen LogP) is 1.55. The minimum absolute atomic E-state index is 0.0712. The molecule has 0 spiro atoms. The molecule has 1 amide bonds. The van der Waals surface area contributed by atoms with Gasteiger partial charge in [-0.25, -0.2) is 0 Å². The van der Waals surface area contributed by atoms with Crippen molar-refractivity contribution in [3.63, 3.8) is 0 Å². The van der Waals surface area contributed by atoms with E-state index < -0.39 is 5.41 Å². The van der Waals surface area contributed by atoms with Crippen molar-refractivity contribution >= 4 is 11.7 Å². The highest BCUT2D eigenvalue weighted by Gasteiger charge is 2.46. The van der Waals surface area contributed by atoms with Gasteiger partial charge in [-0.1, -0.05) is 31.3 Å². The van der Waals surface area contributed by atoms with Crippen LogP contribution in [0.15, 0.2) is 5.16 Å². The molecule has 2 aliphatic rings. The fourth-order valence-electron chi connectivity index (χ4n) is 3.25. The highest BCUT2D eigenvalue weighted by Crippen LogP contribution is 2.39. The lowest BCUT2D eigenvalue weighted by molar-refractivity contribution is -0.139. The molecule has 2 fully saturated rings. The molecule has 1 unspecified atom stereocenters. The zero-order chi connectivity index (χ0) is 13.2. The van der Waals surface area contributed by atoms with E-state index in [2.05, 4.69) is 12.1 Å². The number of amides is 1. The molecule has 0 aromatic rings. The molecule has 2 rings (SSSR count). The van der Waals surface area contributed by atoms with E-state index in [1.165, 1.54) is 0 Å². The van der Waals surface area contributed by atoms with Gasteiger partial charge in [-0.15, -0.1) is 0 Å². The van der Waals surface area contributed by atoms with Gasteiger partial charge in [-0.3, -0.25) is 4.79 Å². The van der Waals surface area contributed by atoms with E-state index in [4.69, 9.17) is 10.9 Å². The topological polar surface area (TPSA) is 78.9 Å². The summed E-state index contributed by atoms with van der Waals surface area (Å²) in [5.41, 5.74) is 5.10. The van der Waals surface area contributed by atoms with Gasteiger partial charge >= 0.3 is 0 Å². The fourth-order valence-corrected chi connectivity index (χ4v) is 3.25. The van der Waals surface area contributed by atoms with Gasteiger partial charge in [0.2, 0.25) is 5.91 Å². The molecular weight excluding hydrogens is 230 g/mol. The number of nitrogens with two attached hydrogens (primary N) is 1. The maximum Gasteiger partial charge on any atom is 0.236 e. The number of likely N-dealkylation sites (tertiary alicyclic amines) is 1. The van der Waals surface area contributed by atoms with Crippen LogP contribution in [0, 0.1) is 11.3 Å². The Balaban J connectivity index is 2.21. The third-order valence-electron chi connectivity index (χ3n) is 4.43. The van der Waals surface area contributed by atoms with Crippen molar-refractivity contribution < 1.29 is 10.0 Å². The van der Waals surface area contributed by atoms with Crippen LogP contribution in [0.2, 0.25) is 0 Å². The number of hydrogen-bond acceptors (Lipinski definition) is 3. The van der Waals surface area contributed by atoms with Crippen LogP contribution in [0.5, 0.6) is 0 Å². The SMILES string of the molecule is CC1CCN(C(=O)C2(C(N)=NO)CCCCC2)C1. The van der Waals surface area contributed by atoms with Crippen LogP contribution >= 0.6 is 0 Å². The predicted molar refractivity (Wildman–Crippen MR) is 69.3 cm³/mol. The molecule has 0 radical (unpaired) electrons. The number of carbonyl (C=O) groups is 1. The van der Waals surface area contributed by atoms with Crippen molar-refractivity contribution in [2.24, 2.45) is 22.2 Å². The zero-order valence-electron chi connectivity index (χ0n) is 11.1. The average molecular weight is 253 g/mol. The zero-order valence-corrected chi connectivity index (χ0v) is 11.1. The van der Waals surface area contributed by atoms with Crippen molar-refractivity contribution in [3.8, 4) is 0 Å². The first-order chi connectivity index (χ1) is 8.60. The third-order valence-corrected chi connectivity index (χ3v) is 4.43. The van der Waals surface area contributed by atoms with Crippen LogP contribution < -0.4 is 5.73 Å². The second-order valence-electron chi connectivity index (χ2n) is 5.77. The molecule has 5 nitrogen and oxygen atoms in total. The maximum absolute atomic E-state index is 12.7. The van der Waals surface area contributed by atoms with E-state index in [0.717, 1.165) is 38.8 Å². The molecule has 0 aromatic carbocycles. The Labute approximate surface area is 108 Å². The van der Waals surface area contributed by atoms with Crippen molar-refractivity contribution in [3.05, 3.63) is 0 Å². The van der Waals surface area contributed by atoms with Crippen molar-refractivity contribution in [2.45, 2.75) is 45.4 Å². The van der Waals surface area contributed by atoms with E-state index >= 15 is 0 Å². The molecule has 3 N–H and O–H groups in total. The Morgan fingerprint density at radius 3 is 2.56 bits per heavy atom. The highest BCUT2D eigenvalue weighted by atomic mass is 16.4. The molecular formula is C13H23N3O2. The summed E-state index contributed by atoms with van der Waals surface area (Å²) < 4.78 is 0. The Bertz CT molecular complexity index is 348. The number of rotatable bonds is 2. The molecule has 1 aliphatic carbocycles. The summed E-state index contributed by atoms with van der Waals surface area (Å²) in [5.74, 6) is 0.732. The Kier molecular flexibility index (Phi) is 3.78. The first-order valence-electron chi connectivity index (χ1n) is 6.87. The lowest BCUT2D eigenvalue weighted by Gasteiger charge is -2.37. The molecule has 0 bridgehead atoms. The summed E-state index contributed by atoms with van der Waals surface area (Å²) in [6, 6.07) is 0. The second kappa shape index (κ2) is 5.16. The maximum atomic E-state index is 12.7. The summed E-state index contributed by atoms with van der Waals surface area (Å²) in [7, 11) is 0. The van der Waals surface area contributed by atoms with Gasteiger partial charge in [-0.05, 0) is 25.2 Å². The Morgan fingerprint density at radius 1 is 1.39 bits per heavy atom. The quantitative estimate of drug-likeness (QED) is 0.339. The standard InChI is InChI=1S/C13H23N3O2/c1-10-5-8-16(9-10)12(17)13(11(14)15-18)6-3-2-4-7-13/h10,18H,2-9H2,1H3,(H2,14,15). The second-order valence-corrected chi connectivity index (χ2v) is 5.77. The molecule has 1 aliphatic heterocycles. The summed E-state index contributed by atoms with van der Waals surface area (Å²) in [6.07, 6.45) is 5.57. The molecule has 1 saturated carbocycles. The van der Waals surface area contributed by atoms with Gasteiger partial charge in [-0.2, -0.15) is 0 Å². The summed E-state index contributed by atoms with van der Waals surface area (Å²) >= 11 is 0. The summed E-state index contributed by atoms with van der Waals surface area (Å²) in [6.45, 7) is 3.77. The molecule has 1 saturated heterocycles. The molecule has 102 valence electrons. The van der Waals surface area contributed by atoms with Crippen molar-refractivity contribution in [1.29, 1.82) is 0 Å². The monoisotopic (exact) mass is 253 g/mol. The van der Waals surface area contributed by atoms with Gasteiger partial charge in [0.1, 0.15) is 5.41 Å². The van der Waals surface area contributed by atoms with Crippen LogP contribution in [-0.4, -0.2) is 34.9 Å². The lowest BCUT2D eigenvalue weighted by atomic mass is 9.72. The van der Waals surface area contributed by atoms with Gasteiger partial charge < -0.3 is 15.8 Å². The minimum Gasteiger partial charge on any atom is -0.409 e. The first kappa shape index (κ1) is 13.2. The van der Waals surface area contributed by atoms with Crippen LogP contribution in [0.4, 0.5) is 0 Å². The van der Waals surface area contributed by atoms with Gasteiger partial charge in [0, 0.05) is 13.1 Å². The van der Waals surface area contributed by atoms with Crippen molar-refractivity contribution in [1.82, 2.24) is 4.90 Å². The molecule has 0 aromatic heterocycles. The first-order valence-corrected chi connectivity index (χ1v) is 6.87. The highest BCUT2D eigenvalue weighted by molar-refractivity contribution is 6.06. The van der Waals surface area contributed by atoms with E-state index in [1.807, 2.05) is 4.90 Å². The van der Waals surface area contributed by atoms with Crippen molar-refractivity contribution in [2.75, 3.05) is 13.1 Å². The third kappa shape index (κ3) is 2.18. The number of oxime groups is 1. The Hall–Kier alpha value is -1.26. The van der Waals surface area contributed by atoms with E-state index in [0.29, 0.717) is 18.8 Å². The number of nitrogens with zero attached hydrogens (tertiary/aromatic N) is 2. The molecule has 18 heavy (non-hydrogen) atoms. The van der Waals surface area contributed by atoms with Gasteiger partial charge in [0.25, 0.3) is 0 Å². The van der Waals surface area contributed by atoms with Crippen LogP contribution in [0.25, 0.3) is 0 Å². The van der Waals surface area contributed by atoms with E-state index in [9.17, 15) is 4.79 Å². The van der Waals surface area contributed by atoms with Gasteiger partial charge in [0.15, 0.2) is 5.84 Å². The molecule has 1 atom stereocenters. The van der Waals surface area contributed by atoms with E-state index in [1.54, 1.807) is 0 Å².